The lowest BCUT2D eigenvalue weighted by Gasteiger charge is -2.41. The molecule has 2 aromatic rings. The highest BCUT2D eigenvalue weighted by Crippen LogP contribution is 2.45. The molecule has 192 valence electrons. The van der Waals surface area contributed by atoms with Crippen molar-refractivity contribution in [2.24, 2.45) is 10.3 Å². The molecule has 0 amide bonds. The third kappa shape index (κ3) is 4.44. The largest absolute Gasteiger partial charge is 0.341 e. The van der Waals surface area contributed by atoms with Crippen LogP contribution in [-0.2, 0) is 30.3 Å². The summed E-state index contributed by atoms with van der Waals surface area (Å²) in [6.07, 6.45) is 2.42. The van der Waals surface area contributed by atoms with Crippen molar-refractivity contribution in [3.8, 4) is 0 Å². The standard InChI is InChI=1S/C24H26ClN3O6S2/c1-3-11-24(12-4-2)17-8-6-5-7-16(17)21(29)20(22(24)30)23-26-18-10-9-15(27-35(31,32)14-25)13-19(18)36(33,34)28-23/h5-10,13,20,27H,3-4,11-12,14H2,1-2H3,(H,26,28). The third-order valence-electron chi connectivity index (χ3n) is 6.49. The molecule has 12 heteroatoms. The minimum Gasteiger partial charge on any atom is -0.341 e. The van der Waals surface area contributed by atoms with Crippen molar-refractivity contribution in [2.45, 2.75) is 49.8 Å². The van der Waals surface area contributed by atoms with Crippen LogP contribution in [0.2, 0.25) is 0 Å². The number of hydrogen-bond acceptors (Lipinski definition) is 7. The Hall–Kier alpha value is -2.76. The summed E-state index contributed by atoms with van der Waals surface area (Å²) < 4.78 is 55.9. The number of amidine groups is 1. The number of nitrogens with one attached hydrogen (secondary N) is 2. The molecule has 2 aliphatic rings. The predicted molar refractivity (Wildman–Crippen MR) is 139 cm³/mol. The van der Waals surface area contributed by atoms with Gasteiger partial charge in [0.1, 0.15) is 21.9 Å². The molecule has 4 rings (SSSR count). The Morgan fingerprint density at radius 3 is 2.39 bits per heavy atom. The summed E-state index contributed by atoms with van der Waals surface area (Å²) in [4.78, 5) is 27.3. The molecule has 1 aliphatic heterocycles. The van der Waals surface area contributed by atoms with Gasteiger partial charge in [-0.05, 0) is 36.6 Å². The van der Waals surface area contributed by atoms with Gasteiger partial charge in [0.25, 0.3) is 10.0 Å². The van der Waals surface area contributed by atoms with Crippen molar-refractivity contribution in [1.82, 2.24) is 0 Å². The summed E-state index contributed by atoms with van der Waals surface area (Å²) in [6.45, 7) is 3.93. The first-order valence-electron chi connectivity index (χ1n) is 11.5. The molecule has 2 aromatic carbocycles. The number of rotatable bonds is 8. The van der Waals surface area contributed by atoms with Crippen molar-refractivity contribution in [2.75, 3.05) is 15.3 Å². The average Bonchev–Trinajstić information content (AvgIpc) is 2.83. The van der Waals surface area contributed by atoms with Gasteiger partial charge in [-0.2, -0.15) is 8.42 Å². The smallest absolute Gasteiger partial charge is 0.286 e. The van der Waals surface area contributed by atoms with Crippen molar-refractivity contribution in [3.63, 3.8) is 0 Å². The summed E-state index contributed by atoms with van der Waals surface area (Å²) in [7, 11) is -8.21. The predicted octanol–water partition coefficient (Wildman–Crippen LogP) is 4.06. The first-order valence-corrected chi connectivity index (χ1v) is 15.1. The van der Waals surface area contributed by atoms with E-state index in [1.807, 2.05) is 13.8 Å². The van der Waals surface area contributed by atoms with E-state index >= 15 is 0 Å². The number of nitrogens with zero attached hydrogens (tertiary/aromatic N) is 1. The number of halogens is 1. The maximum Gasteiger partial charge on any atom is 0.286 e. The lowest BCUT2D eigenvalue weighted by Crippen LogP contribution is -2.52. The molecule has 0 bridgehead atoms. The fourth-order valence-corrected chi connectivity index (χ4v) is 7.00. The Kier molecular flexibility index (Phi) is 7.02. The van der Waals surface area contributed by atoms with E-state index in [4.69, 9.17) is 11.6 Å². The Bertz CT molecular complexity index is 1480. The van der Waals surface area contributed by atoms with Gasteiger partial charge in [0.2, 0.25) is 10.0 Å². The Morgan fingerprint density at radius 1 is 1.08 bits per heavy atom. The van der Waals surface area contributed by atoms with Gasteiger partial charge < -0.3 is 5.32 Å². The van der Waals surface area contributed by atoms with Crippen LogP contribution in [0.1, 0.15) is 55.5 Å². The lowest BCUT2D eigenvalue weighted by atomic mass is 9.60. The zero-order chi connectivity index (χ0) is 26.3. The fourth-order valence-electron chi connectivity index (χ4n) is 5.12. The van der Waals surface area contributed by atoms with E-state index in [0.29, 0.717) is 36.8 Å². The first kappa shape index (κ1) is 26.3. The van der Waals surface area contributed by atoms with Crippen LogP contribution in [0.4, 0.5) is 11.4 Å². The molecular formula is C24H26ClN3O6S2. The number of ketones is 2. The van der Waals surface area contributed by atoms with Crippen LogP contribution in [-0.4, -0.2) is 39.4 Å². The van der Waals surface area contributed by atoms with Crippen molar-refractivity contribution < 1.29 is 26.4 Å². The average molecular weight is 552 g/mol. The zero-order valence-electron chi connectivity index (χ0n) is 19.7. The Morgan fingerprint density at radius 2 is 1.75 bits per heavy atom. The van der Waals surface area contributed by atoms with Crippen molar-refractivity contribution >= 4 is 60.4 Å². The highest BCUT2D eigenvalue weighted by molar-refractivity contribution is 7.93. The van der Waals surface area contributed by atoms with Crippen LogP contribution in [0.5, 0.6) is 0 Å². The van der Waals surface area contributed by atoms with Gasteiger partial charge in [-0.25, -0.2) is 8.42 Å². The van der Waals surface area contributed by atoms with Crippen LogP contribution < -0.4 is 10.0 Å². The van der Waals surface area contributed by atoms with Crippen LogP contribution in [0.3, 0.4) is 0 Å². The first-order chi connectivity index (χ1) is 17.0. The molecule has 1 heterocycles. The number of fused-ring (bicyclic) bond motifs is 2. The van der Waals surface area contributed by atoms with Gasteiger partial charge >= 0.3 is 0 Å². The van der Waals surface area contributed by atoms with E-state index in [1.54, 1.807) is 24.3 Å². The topological polar surface area (TPSA) is 139 Å². The molecule has 0 aromatic heterocycles. The van der Waals surface area contributed by atoms with Crippen LogP contribution in [0, 0.1) is 5.92 Å². The van der Waals surface area contributed by atoms with Gasteiger partial charge in [-0.15, -0.1) is 16.0 Å². The number of benzene rings is 2. The Labute approximate surface area is 215 Å². The zero-order valence-corrected chi connectivity index (χ0v) is 22.1. The summed E-state index contributed by atoms with van der Waals surface area (Å²) in [5.41, 5.74) is 0.210. The molecule has 0 saturated carbocycles. The van der Waals surface area contributed by atoms with E-state index in [-0.39, 0.29) is 27.9 Å². The van der Waals surface area contributed by atoms with E-state index in [9.17, 15) is 26.4 Å². The maximum atomic E-state index is 14.0. The van der Waals surface area contributed by atoms with E-state index in [1.165, 1.54) is 12.1 Å². The normalized spacial score (nSPS) is 20.1. The van der Waals surface area contributed by atoms with Crippen molar-refractivity contribution in [3.05, 3.63) is 53.6 Å². The summed E-state index contributed by atoms with van der Waals surface area (Å²) in [6, 6.07) is 10.8. The van der Waals surface area contributed by atoms with E-state index in [2.05, 4.69) is 14.4 Å². The summed E-state index contributed by atoms with van der Waals surface area (Å²) in [5.74, 6) is -2.53. The second kappa shape index (κ2) is 9.60. The number of carbonyl (C=O) groups excluding carboxylic acids is 2. The number of alkyl halides is 1. The van der Waals surface area contributed by atoms with Gasteiger partial charge in [-0.3, -0.25) is 14.3 Å². The monoisotopic (exact) mass is 551 g/mol. The van der Waals surface area contributed by atoms with Gasteiger partial charge in [-0.1, -0.05) is 51.0 Å². The Balaban J connectivity index is 1.82. The molecule has 2 N–H and O–H groups in total. The molecule has 36 heavy (non-hydrogen) atoms. The molecule has 1 aliphatic carbocycles. The highest BCUT2D eigenvalue weighted by atomic mass is 35.5. The lowest BCUT2D eigenvalue weighted by molar-refractivity contribution is -0.126. The molecule has 9 nitrogen and oxygen atoms in total. The van der Waals surface area contributed by atoms with E-state index < -0.39 is 42.4 Å². The van der Waals surface area contributed by atoms with E-state index in [0.717, 1.165) is 6.07 Å². The molecule has 0 saturated heterocycles. The second-order valence-electron chi connectivity index (χ2n) is 8.90. The highest BCUT2D eigenvalue weighted by Gasteiger charge is 2.53. The van der Waals surface area contributed by atoms with Gasteiger partial charge in [0.05, 0.1) is 16.8 Å². The molecule has 1 atom stereocenters. The summed E-state index contributed by atoms with van der Waals surface area (Å²) >= 11 is 5.41. The van der Waals surface area contributed by atoms with Crippen LogP contribution in [0.25, 0.3) is 0 Å². The molecule has 0 spiro atoms. The minimum atomic E-state index is -4.36. The number of hydrogen-bond donors (Lipinski definition) is 2. The second-order valence-corrected chi connectivity index (χ2v) is 12.8. The number of carbonyl (C=O) groups is 2. The third-order valence-corrected chi connectivity index (χ3v) is 9.52. The molecule has 0 fully saturated rings. The number of anilines is 2. The number of sulfonamides is 2. The summed E-state index contributed by atoms with van der Waals surface area (Å²) in [5, 5.41) is 2.16. The molecule has 0 radical (unpaired) electrons. The van der Waals surface area contributed by atoms with Crippen LogP contribution >= 0.6 is 11.6 Å². The fraction of sp³-hybridized carbons (Fsp3) is 0.375. The maximum absolute atomic E-state index is 14.0. The molecule has 1 unspecified atom stereocenters. The van der Waals surface area contributed by atoms with Gasteiger partial charge in [0.15, 0.2) is 11.6 Å². The minimum absolute atomic E-state index is 0.0120. The molecular weight excluding hydrogens is 526 g/mol. The van der Waals surface area contributed by atoms with Gasteiger partial charge in [0, 0.05) is 5.56 Å². The van der Waals surface area contributed by atoms with Crippen molar-refractivity contribution in [1.29, 1.82) is 0 Å². The van der Waals surface area contributed by atoms with Crippen LogP contribution in [0.15, 0.2) is 51.8 Å². The number of Topliss-reactive ketones (excluding diaryl/α,β-unsaturated/α-hetero) is 2. The SMILES string of the molecule is CCCC1(CCC)C(=O)C(C2=NS(=O)(=O)c3cc(NS(=O)(=O)CCl)ccc3N2)C(=O)c2ccccc21. The quantitative estimate of drug-likeness (QED) is 0.372.